The molecular formula is C29H35N7O4S. The molecule has 12 heteroatoms. The maximum absolute atomic E-state index is 13.5. The molecule has 0 saturated carbocycles. The largest absolute Gasteiger partial charge is 0.351 e. The third kappa shape index (κ3) is 6.82. The van der Waals surface area contributed by atoms with Gasteiger partial charge in [0.05, 0.1) is 6.04 Å². The molecule has 5 rings (SSSR count). The summed E-state index contributed by atoms with van der Waals surface area (Å²) in [5, 5.41) is 21.1. The highest BCUT2D eigenvalue weighted by molar-refractivity contribution is 7.09. The number of H-pyrrole nitrogens is 1. The van der Waals surface area contributed by atoms with Gasteiger partial charge in [-0.15, -0.1) is 11.3 Å². The molecule has 5 N–H and O–H groups in total. The number of benzene rings is 1. The van der Waals surface area contributed by atoms with Crippen LogP contribution in [0.1, 0.15) is 87.9 Å². The zero-order chi connectivity index (χ0) is 28.8. The molecule has 0 fully saturated rings. The van der Waals surface area contributed by atoms with Crippen LogP contribution in [0, 0.1) is 0 Å². The number of fused-ring (bicyclic) bond motifs is 3. The first kappa shape index (κ1) is 28.5. The van der Waals surface area contributed by atoms with Gasteiger partial charge in [-0.1, -0.05) is 37.3 Å². The van der Waals surface area contributed by atoms with Crippen LogP contribution in [0.2, 0.25) is 0 Å². The van der Waals surface area contributed by atoms with Gasteiger partial charge < -0.3 is 21.3 Å². The monoisotopic (exact) mass is 577 g/mol. The van der Waals surface area contributed by atoms with Crippen molar-refractivity contribution in [2.75, 3.05) is 6.54 Å². The van der Waals surface area contributed by atoms with Crippen LogP contribution in [0.15, 0.2) is 35.7 Å². The summed E-state index contributed by atoms with van der Waals surface area (Å²) < 4.78 is 0. The van der Waals surface area contributed by atoms with E-state index in [1.807, 2.05) is 37.3 Å². The molecule has 1 aromatic carbocycles. The van der Waals surface area contributed by atoms with Crippen molar-refractivity contribution in [3.63, 3.8) is 0 Å². The molecule has 216 valence electrons. The minimum absolute atomic E-state index is 0.286. The highest BCUT2D eigenvalue weighted by atomic mass is 32.1. The Morgan fingerprint density at radius 1 is 1.02 bits per heavy atom. The SMILES string of the molecule is CC[C@H]1NC(=O)[C@@H](NC(=O)c2n[nH]c3c2CCC3)CCCCNC(=O)c2csc(n2)[C@H](Cc2ccccc2)NC1=O. The van der Waals surface area contributed by atoms with Gasteiger partial charge in [0.25, 0.3) is 11.8 Å². The van der Waals surface area contributed by atoms with Crippen LogP contribution >= 0.6 is 11.3 Å². The second-order valence-corrected chi connectivity index (χ2v) is 11.3. The maximum Gasteiger partial charge on any atom is 0.272 e. The van der Waals surface area contributed by atoms with Gasteiger partial charge in [-0.3, -0.25) is 24.3 Å². The molecule has 2 aromatic heterocycles. The van der Waals surface area contributed by atoms with E-state index in [4.69, 9.17) is 0 Å². The first-order valence-electron chi connectivity index (χ1n) is 14.2. The Balaban J connectivity index is 1.36. The van der Waals surface area contributed by atoms with Gasteiger partial charge in [-0.25, -0.2) is 4.98 Å². The van der Waals surface area contributed by atoms with Gasteiger partial charge in [0.1, 0.15) is 22.8 Å². The van der Waals surface area contributed by atoms with E-state index < -0.39 is 29.9 Å². The minimum Gasteiger partial charge on any atom is -0.351 e. The van der Waals surface area contributed by atoms with E-state index >= 15 is 0 Å². The van der Waals surface area contributed by atoms with Gasteiger partial charge in [-0.2, -0.15) is 5.10 Å². The summed E-state index contributed by atoms with van der Waals surface area (Å²) in [6.45, 7) is 2.23. The number of nitrogens with one attached hydrogen (secondary N) is 5. The van der Waals surface area contributed by atoms with Gasteiger partial charge in [0.2, 0.25) is 11.8 Å². The molecule has 2 aliphatic rings. The van der Waals surface area contributed by atoms with Crippen molar-refractivity contribution in [2.24, 2.45) is 0 Å². The van der Waals surface area contributed by atoms with E-state index in [1.165, 1.54) is 11.3 Å². The Bertz CT molecular complexity index is 1400. The molecule has 3 atom stereocenters. The van der Waals surface area contributed by atoms with E-state index in [0.717, 1.165) is 36.1 Å². The summed E-state index contributed by atoms with van der Waals surface area (Å²) in [7, 11) is 0. The van der Waals surface area contributed by atoms with Crippen molar-refractivity contribution >= 4 is 35.0 Å². The molecular weight excluding hydrogens is 542 g/mol. The van der Waals surface area contributed by atoms with Gasteiger partial charge in [-0.05, 0) is 56.9 Å². The fraction of sp³-hybridized carbons (Fsp3) is 0.448. The molecule has 0 radical (unpaired) electrons. The summed E-state index contributed by atoms with van der Waals surface area (Å²) in [5.41, 5.74) is 3.49. The summed E-state index contributed by atoms with van der Waals surface area (Å²) in [4.78, 5) is 57.4. The van der Waals surface area contributed by atoms with Crippen LogP contribution in [0.25, 0.3) is 0 Å². The molecule has 41 heavy (non-hydrogen) atoms. The first-order valence-corrected chi connectivity index (χ1v) is 15.1. The Morgan fingerprint density at radius 3 is 2.63 bits per heavy atom. The highest BCUT2D eigenvalue weighted by Crippen LogP contribution is 2.24. The van der Waals surface area contributed by atoms with E-state index in [0.29, 0.717) is 55.0 Å². The Morgan fingerprint density at radius 2 is 1.83 bits per heavy atom. The number of hydrogen-bond acceptors (Lipinski definition) is 7. The Kier molecular flexibility index (Phi) is 9.07. The Hall–Kier alpha value is -4.06. The van der Waals surface area contributed by atoms with Crippen LogP contribution in [0.4, 0.5) is 0 Å². The highest BCUT2D eigenvalue weighted by Gasteiger charge is 2.30. The first-order chi connectivity index (χ1) is 19.9. The number of rotatable bonds is 5. The van der Waals surface area contributed by atoms with Gasteiger partial charge >= 0.3 is 0 Å². The lowest BCUT2D eigenvalue weighted by Crippen LogP contribution is -2.54. The number of nitrogens with zero attached hydrogens (tertiary/aromatic N) is 2. The molecule has 1 aliphatic heterocycles. The average molecular weight is 578 g/mol. The fourth-order valence-electron chi connectivity index (χ4n) is 5.27. The lowest BCUT2D eigenvalue weighted by molar-refractivity contribution is -0.130. The van der Waals surface area contributed by atoms with E-state index in [2.05, 4.69) is 36.4 Å². The lowest BCUT2D eigenvalue weighted by atomic mass is 10.0. The molecule has 0 spiro atoms. The molecule has 2 bridgehead atoms. The summed E-state index contributed by atoms with van der Waals surface area (Å²) in [5.74, 6) is -1.48. The van der Waals surface area contributed by atoms with E-state index in [9.17, 15) is 19.2 Å². The van der Waals surface area contributed by atoms with Crippen LogP contribution in [-0.4, -0.2) is 57.4 Å². The zero-order valence-electron chi connectivity index (χ0n) is 23.0. The van der Waals surface area contributed by atoms with Crippen LogP contribution in [0.3, 0.4) is 0 Å². The number of hydrogen-bond donors (Lipinski definition) is 5. The van der Waals surface area contributed by atoms with E-state index in [-0.39, 0.29) is 11.8 Å². The summed E-state index contributed by atoms with van der Waals surface area (Å²) in [6, 6.07) is 7.53. The number of aromatic amines is 1. The van der Waals surface area contributed by atoms with Crippen LogP contribution in [-0.2, 0) is 28.9 Å². The van der Waals surface area contributed by atoms with Crippen molar-refractivity contribution in [2.45, 2.75) is 76.4 Å². The maximum atomic E-state index is 13.5. The van der Waals surface area contributed by atoms with E-state index in [1.54, 1.807) is 5.38 Å². The van der Waals surface area contributed by atoms with Gasteiger partial charge in [0, 0.05) is 23.2 Å². The minimum atomic E-state index is -0.861. The molecule has 3 aromatic rings. The molecule has 1 aliphatic carbocycles. The summed E-state index contributed by atoms with van der Waals surface area (Å²) in [6.07, 6.45) is 4.93. The predicted molar refractivity (Wildman–Crippen MR) is 153 cm³/mol. The topological polar surface area (TPSA) is 158 Å². The molecule has 4 amide bonds. The zero-order valence-corrected chi connectivity index (χ0v) is 23.8. The second-order valence-electron chi connectivity index (χ2n) is 10.5. The fourth-order valence-corrected chi connectivity index (χ4v) is 6.12. The van der Waals surface area contributed by atoms with Crippen molar-refractivity contribution in [1.29, 1.82) is 0 Å². The van der Waals surface area contributed by atoms with Crippen molar-refractivity contribution in [3.8, 4) is 0 Å². The summed E-state index contributed by atoms with van der Waals surface area (Å²) >= 11 is 1.32. The van der Waals surface area contributed by atoms with Crippen LogP contribution in [0.5, 0.6) is 0 Å². The Labute approximate surface area is 242 Å². The number of thiazole rings is 1. The third-order valence-corrected chi connectivity index (χ3v) is 8.50. The van der Waals surface area contributed by atoms with Crippen molar-refractivity contribution in [3.05, 3.63) is 68.9 Å². The molecule has 3 heterocycles. The standard InChI is InChI=1S/C29H35N7O4S/c1-2-19-26(38)33-22(15-17-9-4-3-5-10-17)29-34-23(16-41-29)25(37)30-14-7-6-12-21(27(39)31-19)32-28(40)24-18-11-8-13-20(18)35-36-24/h3-5,9-10,16,19,21-22H,2,6-8,11-15H2,1H3,(H,30,37)(H,31,39)(H,32,40)(H,33,38)(H,35,36)/t19-,21+,22+/m1/s1. The number of amides is 4. The van der Waals surface area contributed by atoms with Crippen molar-refractivity contribution < 1.29 is 19.2 Å². The van der Waals surface area contributed by atoms with Crippen LogP contribution < -0.4 is 21.3 Å². The second kappa shape index (κ2) is 13.1. The number of carbonyl (C=O) groups is 4. The predicted octanol–water partition coefficient (Wildman–Crippen LogP) is 2.36. The normalized spacial score (nSPS) is 21.9. The number of carbonyl (C=O) groups excluding carboxylic acids is 4. The smallest absolute Gasteiger partial charge is 0.272 e. The molecule has 11 nitrogen and oxygen atoms in total. The third-order valence-electron chi connectivity index (χ3n) is 7.54. The number of aryl methyl sites for hydroxylation is 1. The quantitative estimate of drug-likeness (QED) is 0.313. The lowest BCUT2D eigenvalue weighted by Gasteiger charge is -2.24. The molecule has 0 saturated heterocycles. The van der Waals surface area contributed by atoms with Gasteiger partial charge in [0.15, 0.2) is 5.69 Å². The van der Waals surface area contributed by atoms with Crippen molar-refractivity contribution in [1.82, 2.24) is 36.4 Å². The molecule has 0 unspecified atom stereocenters. The number of aromatic nitrogens is 3. The average Bonchev–Trinajstić information content (AvgIpc) is 3.72.